The van der Waals surface area contributed by atoms with Crippen LogP contribution in [0.25, 0.3) is 6.08 Å². The first kappa shape index (κ1) is 28.8. The molecule has 2 aromatic rings. The van der Waals surface area contributed by atoms with Crippen molar-refractivity contribution < 1.29 is 22.8 Å². The molecule has 200 valence electrons. The highest BCUT2D eigenvalue weighted by Crippen LogP contribution is 2.42. The zero-order valence-corrected chi connectivity index (χ0v) is 22.1. The fraction of sp³-hybridized carbons (Fsp3) is 0.429. The summed E-state index contributed by atoms with van der Waals surface area (Å²) in [5.41, 5.74) is 0.375. The second-order valence-corrected chi connectivity index (χ2v) is 10.1. The van der Waals surface area contributed by atoms with Gasteiger partial charge in [0.2, 0.25) is 5.91 Å². The van der Waals surface area contributed by atoms with Gasteiger partial charge in [0.1, 0.15) is 6.54 Å². The monoisotopic (exact) mass is 533 g/mol. The van der Waals surface area contributed by atoms with E-state index >= 15 is 0 Å². The summed E-state index contributed by atoms with van der Waals surface area (Å²) in [6.45, 7) is 7.44. The number of carbonyl (C=O) groups excluding carboxylic acids is 2. The number of para-hydroxylation sites is 1. The van der Waals surface area contributed by atoms with E-state index in [0.717, 1.165) is 62.3 Å². The fourth-order valence-electron chi connectivity index (χ4n) is 3.99. The van der Waals surface area contributed by atoms with Gasteiger partial charge < -0.3 is 10.2 Å². The molecule has 1 N–H and O–H groups in total. The van der Waals surface area contributed by atoms with Crippen molar-refractivity contribution in [3.63, 3.8) is 0 Å². The number of fused-ring (bicyclic) bond motifs is 1. The smallest absolute Gasteiger partial charge is 0.353 e. The predicted octanol–water partition coefficient (Wildman–Crippen LogP) is 6.20. The van der Waals surface area contributed by atoms with Gasteiger partial charge in [-0.3, -0.25) is 14.5 Å². The van der Waals surface area contributed by atoms with Crippen molar-refractivity contribution in [3.05, 3.63) is 64.6 Å². The fourth-order valence-corrected chi connectivity index (χ4v) is 5.05. The summed E-state index contributed by atoms with van der Waals surface area (Å²) in [6, 6.07) is 12.0. The van der Waals surface area contributed by atoms with E-state index < -0.39 is 11.7 Å². The summed E-state index contributed by atoms with van der Waals surface area (Å²) in [6.07, 6.45) is 1.60. The van der Waals surface area contributed by atoms with Crippen LogP contribution in [0.1, 0.15) is 50.7 Å². The summed E-state index contributed by atoms with van der Waals surface area (Å²) >= 11 is 1.25. The standard InChI is InChI=1S/C28H34F3N3O2S/c1-3-5-16-33(17-6-4-2)18-15-32-26(35)20-34-23-9-7-8-10-24(23)37-25(27(34)36)19-21-11-13-22(14-12-21)28(29,30)31/h7-14,19H,3-6,15-18,20H2,1-2H3,(H,32,35)/b25-19-. The highest BCUT2D eigenvalue weighted by atomic mass is 32.2. The van der Waals surface area contributed by atoms with Crippen LogP contribution >= 0.6 is 11.8 Å². The zero-order chi connectivity index (χ0) is 26.8. The maximum atomic E-state index is 13.3. The first-order valence-corrected chi connectivity index (χ1v) is 13.5. The van der Waals surface area contributed by atoms with Gasteiger partial charge in [-0.2, -0.15) is 13.2 Å². The molecule has 0 saturated carbocycles. The number of hydrogen-bond acceptors (Lipinski definition) is 4. The van der Waals surface area contributed by atoms with Gasteiger partial charge in [0, 0.05) is 18.0 Å². The average molecular weight is 534 g/mol. The molecule has 1 aliphatic heterocycles. The van der Waals surface area contributed by atoms with E-state index in [1.807, 2.05) is 18.2 Å². The molecular weight excluding hydrogens is 499 g/mol. The largest absolute Gasteiger partial charge is 0.416 e. The van der Waals surface area contributed by atoms with E-state index in [9.17, 15) is 22.8 Å². The Balaban J connectivity index is 1.69. The van der Waals surface area contributed by atoms with Crippen LogP contribution in [0.4, 0.5) is 18.9 Å². The average Bonchev–Trinajstić information content (AvgIpc) is 2.87. The molecule has 9 heteroatoms. The normalized spacial score (nSPS) is 14.8. The van der Waals surface area contributed by atoms with E-state index in [2.05, 4.69) is 24.1 Å². The SMILES string of the molecule is CCCCN(CCCC)CCNC(=O)CN1C(=O)/C(=C/c2ccc(C(F)(F)F)cc2)Sc2ccccc21. The van der Waals surface area contributed by atoms with Gasteiger partial charge in [0.05, 0.1) is 16.2 Å². The van der Waals surface area contributed by atoms with Crippen LogP contribution in [0, 0.1) is 0 Å². The van der Waals surface area contributed by atoms with Crippen molar-refractivity contribution >= 4 is 35.3 Å². The maximum absolute atomic E-state index is 13.3. The van der Waals surface area contributed by atoms with Gasteiger partial charge in [0.15, 0.2) is 0 Å². The number of carbonyl (C=O) groups is 2. The summed E-state index contributed by atoms with van der Waals surface area (Å²) in [5.74, 6) is -0.610. The highest BCUT2D eigenvalue weighted by Gasteiger charge is 2.31. The number of amides is 2. The van der Waals surface area contributed by atoms with Crippen LogP contribution in [0.15, 0.2) is 58.3 Å². The number of nitrogens with zero attached hydrogens (tertiary/aromatic N) is 2. The summed E-state index contributed by atoms with van der Waals surface area (Å²) in [5, 5.41) is 2.94. The van der Waals surface area contributed by atoms with Gasteiger partial charge in [-0.25, -0.2) is 0 Å². The molecule has 1 heterocycles. The molecule has 3 rings (SSSR count). The lowest BCUT2D eigenvalue weighted by molar-refractivity contribution is -0.137. The van der Waals surface area contributed by atoms with Crippen molar-refractivity contribution in [2.24, 2.45) is 0 Å². The highest BCUT2D eigenvalue weighted by molar-refractivity contribution is 8.04. The van der Waals surface area contributed by atoms with Gasteiger partial charge in [-0.15, -0.1) is 0 Å². The first-order valence-electron chi connectivity index (χ1n) is 12.7. The second kappa shape index (κ2) is 13.7. The van der Waals surface area contributed by atoms with Crippen LogP contribution in [0.5, 0.6) is 0 Å². The Morgan fingerprint density at radius 1 is 1.00 bits per heavy atom. The molecule has 0 aromatic heterocycles. The quantitative estimate of drug-likeness (QED) is 0.330. The lowest BCUT2D eigenvalue weighted by Crippen LogP contribution is -2.44. The molecule has 0 spiro atoms. The minimum atomic E-state index is -4.42. The second-order valence-electron chi connectivity index (χ2n) is 8.99. The molecule has 0 saturated heterocycles. The Morgan fingerprint density at radius 2 is 1.65 bits per heavy atom. The molecule has 2 aromatic carbocycles. The Hall–Kier alpha value is -2.78. The van der Waals surface area contributed by atoms with Crippen molar-refractivity contribution in [1.29, 1.82) is 0 Å². The van der Waals surface area contributed by atoms with Gasteiger partial charge in [-0.1, -0.05) is 62.7 Å². The van der Waals surface area contributed by atoms with Crippen LogP contribution in [-0.2, 0) is 15.8 Å². The third kappa shape index (κ3) is 8.36. The Kier molecular flexibility index (Phi) is 10.6. The van der Waals surface area contributed by atoms with Crippen molar-refractivity contribution in [2.45, 2.75) is 50.6 Å². The Labute approximate surface area is 221 Å². The van der Waals surface area contributed by atoms with Crippen molar-refractivity contribution in [1.82, 2.24) is 10.2 Å². The lowest BCUT2D eigenvalue weighted by atomic mass is 10.1. The zero-order valence-electron chi connectivity index (χ0n) is 21.3. The molecule has 0 fully saturated rings. The van der Waals surface area contributed by atoms with E-state index in [1.165, 1.54) is 28.8 Å². The molecule has 37 heavy (non-hydrogen) atoms. The minimum Gasteiger partial charge on any atom is -0.353 e. The summed E-state index contributed by atoms with van der Waals surface area (Å²) in [4.78, 5) is 31.1. The van der Waals surface area contributed by atoms with Gasteiger partial charge in [-0.05, 0) is 61.8 Å². The maximum Gasteiger partial charge on any atom is 0.416 e. The molecule has 1 aliphatic rings. The molecule has 2 amide bonds. The number of thioether (sulfide) groups is 1. The van der Waals surface area contributed by atoms with E-state index in [0.29, 0.717) is 22.7 Å². The van der Waals surface area contributed by atoms with Crippen molar-refractivity contribution in [3.8, 4) is 0 Å². The molecule has 0 atom stereocenters. The topological polar surface area (TPSA) is 52.7 Å². The van der Waals surface area contributed by atoms with Gasteiger partial charge >= 0.3 is 6.18 Å². The molecule has 0 aliphatic carbocycles. The van der Waals surface area contributed by atoms with E-state index in [4.69, 9.17) is 0 Å². The number of anilines is 1. The molecule has 5 nitrogen and oxygen atoms in total. The first-order chi connectivity index (χ1) is 17.7. The number of alkyl halides is 3. The number of nitrogens with one attached hydrogen (secondary N) is 1. The molecular formula is C28H34F3N3O2S. The molecule has 0 radical (unpaired) electrons. The molecule has 0 unspecified atom stereocenters. The summed E-state index contributed by atoms with van der Waals surface area (Å²) in [7, 11) is 0. The number of hydrogen-bond donors (Lipinski definition) is 1. The molecule has 0 bridgehead atoms. The predicted molar refractivity (Wildman–Crippen MR) is 143 cm³/mol. The lowest BCUT2D eigenvalue weighted by Gasteiger charge is -2.30. The third-order valence-electron chi connectivity index (χ3n) is 6.08. The van der Waals surface area contributed by atoms with E-state index in [-0.39, 0.29) is 18.4 Å². The van der Waals surface area contributed by atoms with Gasteiger partial charge in [0.25, 0.3) is 5.91 Å². The minimum absolute atomic E-state index is 0.134. The number of benzene rings is 2. The van der Waals surface area contributed by atoms with Crippen LogP contribution < -0.4 is 10.2 Å². The Bertz CT molecular complexity index is 1080. The number of unbranched alkanes of at least 4 members (excludes halogenated alkanes) is 2. The third-order valence-corrected chi connectivity index (χ3v) is 7.15. The van der Waals surface area contributed by atoms with Crippen LogP contribution in [0.2, 0.25) is 0 Å². The van der Waals surface area contributed by atoms with E-state index in [1.54, 1.807) is 12.1 Å². The van der Waals surface area contributed by atoms with Crippen LogP contribution in [-0.4, -0.2) is 49.4 Å². The van der Waals surface area contributed by atoms with Crippen molar-refractivity contribution in [2.75, 3.05) is 37.6 Å². The summed E-state index contributed by atoms with van der Waals surface area (Å²) < 4.78 is 38.7. The van der Waals surface area contributed by atoms with Crippen LogP contribution in [0.3, 0.4) is 0 Å². The number of halogens is 3. The Morgan fingerprint density at radius 3 is 2.27 bits per heavy atom. The number of rotatable bonds is 12.